The molecule has 1 aliphatic carbocycles. The van der Waals surface area contributed by atoms with Gasteiger partial charge in [0.15, 0.2) is 0 Å². The van der Waals surface area contributed by atoms with Gasteiger partial charge >= 0.3 is 0 Å². The van der Waals surface area contributed by atoms with Crippen molar-refractivity contribution in [1.29, 1.82) is 0 Å². The van der Waals surface area contributed by atoms with E-state index in [0.29, 0.717) is 11.8 Å². The Labute approximate surface area is 138 Å². The van der Waals surface area contributed by atoms with E-state index in [-0.39, 0.29) is 0 Å². The lowest BCUT2D eigenvalue weighted by atomic mass is 9.87. The summed E-state index contributed by atoms with van der Waals surface area (Å²) in [5.41, 5.74) is 1.50. The number of unbranched alkanes of at least 4 members (excludes halogenated alkanes) is 1. The highest BCUT2D eigenvalue weighted by Gasteiger charge is 2.27. The van der Waals surface area contributed by atoms with Crippen LogP contribution in [-0.2, 0) is 4.74 Å². The lowest BCUT2D eigenvalue weighted by Crippen LogP contribution is -2.33. The summed E-state index contributed by atoms with van der Waals surface area (Å²) in [5.74, 6) is 2.74. The summed E-state index contributed by atoms with van der Waals surface area (Å²) >= 11 is 0. The Kier molecular flexibility index (Phi) is 8.18. The van der Waals surface area contributed by atoms with Crippen molar-refractivity contribution in [3.63, 3.8) is 0 Å². The highest BCUT2D eigenvalue weighted by Crippen LogP contribution is 2.35. The Morgan fingerprint density at radius 3 is 2.36 bits per heavy atom. The standard InChI is InChI=1S/C20H37NO/c1-3-5-12-18-14-10-8-6-7-9-13-17(11-4-2)19-20(18)22-16-15-21-19/h17-18,21H,3-16H2,1-2H3. The van der Waals surface area contributed by atoms with Crippen LogP contribution in [0.15, 0.2) is 11.5 Å². The molecule has 1 N–H and O–H groups in total. The molecule has 2 aliphatic rings. The maximum absolute atomic E-state index is 6.26. The summed E-state index contributed by atoms with van der Waals surface area (Å²) in [5, 5.41) is 3.75. The maximum Gasteiger partial charge on any atom is 0.118 e. The van der Waals surface area contributed by atoms with Crippen molar-refractivity contribution >= 4 is 0 Å². The van der Waals surface area contributed by atoms with Gasteiger partial charge in [0, 0.05) is 18.4 Å². The first-order valence-electron chi connectivity index (χ1n) is 9.97. The van der Waals surface area contributed by atoms with Crippen molar-refractivity contribution in [2.75, 3.05) is 13.2 Å². The molecule has 22 heavy (non-hydrogen) atoms. The summed E-state index contributed by atoms with van der Waals surface area (Å²) in [6.45, 7) is 6.49. The molecular formula is C20H37NO. The molecule has 2 unspecified atom stereocenters. The van der Waals surface area contributed by atoms with Crippen molar-refractivity contribution in [1.82, 2.24) is 5.32 Å². The molecular weight excluding hydrogens is 270 g/mol. The third kappa shape index (κ3) is 5.21. The fourth-order valence-electron chi connectivity index (χ4n) is 4.15. The summed E-state index contributed by atoms with van der Waals surface area (Å²) < 4.78 is 6.26. The molecule has 0 saturated carbocycles. The van der Waals surface area contributed by atoms with Gasteiger partial charge in [0.05, 0.1) is 5.70 Å². The third-order valence-corrected chi connectivity index (χ3v) is 5.37. The van der Waals surface area contributed by atoms with Gasteiger partial charge in [0.1, 0.15) is 12.4 Å². The fraction of sp³-hybridized carbons (Fsp3) is 0.900. The number of hydrogen-bond donors (Lipinski definition) is 1. The van der Waals surface area contributed by atoms with E-state index in [0.717, 1.165) is 13.2 Å². The third-order valence-electron chi connectivity index (χ3n) is 5.37. The lowest BCUT2D eigenvalue weighted by molar-refractivity contribution is 0.140. The number of nitrogens with one attached hydrogen (secondary N) is 1. The number of hydrogen-bond acceptors (Lipinski definition) is 2. The van der Waals surface area contributed by atoms with E-state index >= 15 is 0 Å². The molecule has 1 aliphatic heterocycles. The molecule has 0 aromatic carbocycles. The first-order chi connectivity index (χ1) is 10.9. The van der Waals surface area contributed by atoms with Crippen molar-refractivity contribution in [3.8, 4) is 0 Å². The topological polar surface area (TPSA) is 21.3 Å². The van der Waals surface area contributed by atoms with Gasteiger partial charge in [-0.05, 0) is 25.7 Å². The van der Waals surface area contributed by atoms with Crippen LogP contribution in [0, 0.1) is 11.8 Å². The van der Waals surface area contributed by atoms with Crippen molar-refractivity contribution in [2.45, 2.75) is 90.9 Å². The van der Waals surface area contributed by atoms with E-state index in [9.17, 15) is 0 Å². The van der Waals surface area contributed by atoms with Crippen LogP contribution < -0.4 is 5.32 Å². The van der Waals surface area contributed by atoms with Crippen LogP contribution in [0.25, 0.3) is 0 Å². The van der Waals surface area contributed by atoms with Crippen LogP contribution in [0.1, 0.15) is 90.9 Å². The Bertz CT molecular complexity index is 337. The van der Waals surface area contributed by atoms with Crippen molar-refractivity contribution < 1.29 is 4.74 Å². The predicted octanol–water partition coefficient (Wildman–Crippen LogP) is 5.78. The number of rotatable bonds is 5. The smallest absolute Gasteiger partial charge is 0.118 e. The van der Waals surface area contributed by atoms with E-state index in [1.165, 1.54) is 88.5 Å². The van der Waals surface area contributed by atoms with E-state index in [2.05, 4.69) is 19.2 Å². The number of allylic oxidation sites excluding steroid dienone is 2. The van der Waals surface area contributed by atoms with Gasteiger partial charge in [-0.2, -0.15) is 0 Å². The highest BCUT2D eigenvalue weighted by atomic mass is 16.5. The van der Waals surface area contributed by atoms with Gasteiger partial charge in [-0.3, -0.25) is 0 Å². The van der Waals surface area contributed by atoms with Crippen LogP contribution in [0.3, 0.4) is 0 Å². The van der Waals surface area contributed by atoms with Crippen molar-refractivity contribution in [2.24, 2.45) is 11.8 Å². The van der Waals surface area contributed by atoms with Gasteiger partial charge < -0.3 is 10.1 Å². The molecule has 0 amide bonds. The van der Waals surface area contributed by atoms with Crippen molar-refractivity contribution in [3.05, 3.63) is 11.5 Å². The molecule has 128 valence electrons. The molecule has 2 nitrogen and oxygen atoms in total. The average Bonchev–Trinajstić information content (AvgIpc) is 2.58. The molecule has 2 heteroatoms. The summed E-state index contributed by atoms with van der Waals surface area (Å²) in [4.78, 5) is 0. The van der Waals surface area contributed by atoms with Crippen LogP contribution in [0.4, 0.5) is 0 Å². The first-order valence-corrected chi connectivity index (χ1v) is 9.97. The second-order valence-electron chi connectivity index (χ2n) is 7.22. The summed E-state index contributed by atoms with van der Waals surface area (Å²) in [6, 6.07) is 0. The summed E-state index contributed by atoms with van der Waals surface area (Å²) in [7, 11) is 0. The zero-order valence-electron chi connectivity index (χ0n) is 15.0. The Morgan fingerprint density at radius 2 is 1.64 bits per heavy atom. The fourth-order valence-corrected chi connectivity index (χ4v) is 4.15. The van der Waals surface area contributed by atoms with Gasteiger partial charge in [-0.1, -0.05) is 65.2 Å². The second-order valence-corrected chi connectivity index (χ2v) is 7.22. The minimum absolute atomic E-state index is 0.667. The molecule has 0 spiro atoms. The molecule has 2 atom stereocenters. The normalized spacial score (nSPS) is 27.4. The van der Waals surface area contributed by atoms with E-state index in [1.807, 2.05) is 0 Å². The largest absolute Gasteiger partial charge is 0.494 e. The second kappa shape index (κ2) is 10.2. The Hall–Kier alpha value is -0.660. The molecule has 0 fully saturated rings. The Morgan fingerprint density at radius 1 is 0.909 bits per heavy atom. The van der Waals surface area contributed by atoms with Gasteiger partial charge in [0.25, 0.3) is 0 Å². The maximum atomic E-state index is 6.26. The molecule has 0 aromatic rings. The van der Waals surface area contributed by atoms with Gasteiger partial charge in [0.2, 0.25) is 0 Å². The minimum Gasteiger partial charge on any atom is -0.494 e. The monoisotopic (exact) mass is 307 g/mol. The molecule has 2 rings (SSSR count). The van der Waals surface area contributed by atoms with Crippen LogP contribution in [0.5, 0.6) is 0 Å². The summed E-state index contributed by atoms with van der Waals surface area (Å²) in [6.07, 6.45) is 16.3. The molecule has 0 radical (unpaired) electrons. The lowest BCUT2D eigenvalue weighted by Gasteiger charge is -2.32. The van der Waals surface area contributed by atoms with E-state index < -0.39 is 0 Å². The highest BCUT2D eigenvalue weighted by molar-refractivity contribution is 5.16. The number of ether oxygens (including phenoxy) is 1. The van der Waals surface area contributed by atoms with Gasteiger partial charge in [-0.25, -0.2) is 0 Å². The van der Waals surface area contributed by atoms with Gasteiger partial charge in [-0.15, -0.1) is 0 Å². The average molecular weight is 308 g/mol. The van der Waals surface area contributed by atoms with E-state index in [1.54, 1.807) is 0 Å². The SMILES string of the molecule is CCCCC1CCCCCCCC(CCC)C2=C1OCCN2. The zero-order chi connectivity index (χ0) is 15.6. The Balaban J connectivity index is 2.21. The molecule has 0 saturated heterocycles. The molecule has 0 bridgehead atoms. The van der Waals surface area contributed by atoms with Crippen LogP contribution >= 0.6 is 0 Å². The van der Waals surface area contributed by atoms with Crippen LogP contribution in [-0.4, -0.2) is 13.2 Å². The minimum atomic E-state index is 0.667. The quantitative estimate of drug-likeness (QED) is 0.694. The molecule has 0 aromatic heterocycles. The first kappa shape index (κ1) is 17.7. The van der Waals surface area contributed by atoms with E-state index in [4.69, 9.17) is 4.74 Å². The predicted molar refractivity (Wildman–Crippen MR) is 94.7 cm³/mol. The van der Waals surface area contributed by atoms with Crippen LogP contribution in [0.2, 0.25) is 0 Å². The molecule has 1 heterocycles. The zero-order valence-corrected chi connectivity index (χ0v) is 15.0.